The number of fused-ring (bicyclic) bond motifs is 1. The maximum Gasteiger partial charge on any atom is 0.231 e. The summed E-state index contributed by atoms with van der Waals surface area (Å²) in [5.41, 5.74) is 2.27. The molecule has 1 aliphatic heterocycles. The average molecular weight is 354 g/mol. The molecule has 3 rings (SSSR count). The molecule has 0 aromatic heterocycles. The molecule has 0 saturated carbocycles. The van der Waals surface area contributed by atoms with E-state index in [0.29, 0.717) is 6.54 Å². The molecule has 0 bridgehead atoms. The highest BCUT2D eigenvalue weighted by atomic mass is 16.7. The van der Waals surface area contributed by atoms with Gasteiger partial charge in [0.1, 0.15) is 0 Å². The second-order valence-electron chi connectivity index (χ2n) is 6.93. The Bertz CT molecular complexity index is 746. The van der Waals surface area contributed by atoms with E-state index >= 15 is 0 Å². The Hall–Kier alpha value is -2.53. The number of hydrogen-bond acceptors (Lipinski definition) is 4. The van der Waals surface area contributed by atoms with Crippen molar-refractivity contribution < 1.29 is 14.3 Å². The molecule has 26 heavy (non-hydrogen) atoms. The molecule has 0 fully saturated rings. The molecule has 0 saturated heterocycles. The van der Waals surface area contributed by atoms with E-state index in [9.17, 15) is 4.79 Å². The lowest BCUT2D eigenvalue weighted by atomic mass is 10.00. The number of ether oxygens (including phenoxy) is 2. The zero-order valence-electron chi connectivity index (χ0n) is 15.6. The summed E-state index contributed by atoms with van der Waals surface area (Å²) in [7, 11) is 4.02. The van der Waals surface area contributed by atoms with E-state index < -0.39 is 0 Å². The normalized spacial score (nSPS) is 14.9. The minimum atomic E-state index is -0.0723. The van der Waals surface area contributed by atoms with E-state index in [1.165, 1.54) is 5.56 Å². The summed E-state index contributed by atoms with van der Waals surface area (Å²) >= 11 is 0. The predicted octanol–water partition coefficient (Wildman–Crippen LogP) is 3.01. The second-order valence-corrected chi connectivity index (χ2v) is 6.93. The zero-order chi connectivity index (χ0) is 18.5. The van der Waals surface area contributed by atoms with Crippen LogP contribution in [-0.4, -0.2) is 38.2 Å². The van der Waals surface area contributed by atoms with E-state index in [4.69, 9.17) is 9.47 Å². The number of nitrogens with zero attached hydrogens (tertiary/aromatic N) is 1. The molecular formula is C21H26N2O3. The second kappa shape index (κ2) is 8.23. The van der Waals surface area contributed by atoms with Gasteiger partial charge in [-0.25, -0.2) is 0 Å². The molecule has 1 amide bonds. The number of hydrogen-bond donors (Lipinski definition) is 1. The molecular weight excluding hydrogens is 328 g/mol. The SMILES string of the molecule is CC(Cc1ccccc1)C(=O)NCC(c1ccc2c(c1)OCO2)N(C)C. The molecule has 5 heteroatoms. The van der Waals surface area contributed by atoms with Crippen LogP contribution in [0.2, 0.25) is 0 Å². The van der Waals surface area contributed by atoms with Gasteiger partial charge < -0.3 is 19.7 Å². The maximum atomic E-state index is 12.5. The van der Waals surface area contributed by atoms with E-state index in [1.54, 1.807) is 0 Å². The molecule has 138 valence electrons. The third kappa shape index (κ3) is 4.35. The number of rotatable bonds is 7. The van der Waals surface area contributed by atoms with Crippen molar-refractivity contribution in [1.82, 2.24) is 10.2 Å². The maximum absolute atomic E-state index is 12.5. The van der Waals surface area contributed by atoms with Crippen LogP contribution in [-0.2, 0) is 11.2 Å². The Labute approximate surface area is 154 Å². The van der Waals surface area contributed by atoms with E-state index in [1.807, 2.05) is 57.4 Å². The fourth-order valence-electron chi connectivity index (χ4n) is 3.15. The summed E-state index contributed by atoms with van der Waals surface area (Å²) in [4.78, 5) is 14.6. The van der Waals surface area contributed by atoms with Crippen LogP contribution in [0.4, 0.5) is 0 Å². The first-order valence-electron chi connectivity index (χ1n) is 8.92. The number of carbonyl (C=O) groups excluding carboxylic acids is 1. The van der Waals surface area contributed by atoms with Gasteiger partial charge in [-0.3, -0.25) is 4.79 Å². The fourth-order valence-corrected chi connectivity index (χ4v) is 3.15. The first-order chi connectivity index (χ1) is 12.5. The van der Waals surface area contributed by atoms with Crippen LogP contribution < -0.4 is 14.8 Å². The Morgan fingerprint density at radius 2 is 1.85 bits per heavy atom. The third-order valence-electron chi connectivity index (χ3n) is 4.71. The van der Waals surface area contributed by atoms with Gasteiger partial charge in [-0.05, 0) is 43.8 Å². The fraction of sp³-hybridized carbons (Fsp3) is 0.381. The van der Waals surface area contributed by atoms with Crippen LogP contribution in [0.1, 0.15) is 24.1 Å². The smallest absolute Gasteiger partial charge is 0.231 e. The zero-order valence-corrected chi connectivity index (χ0v) is 15.6. The van der Waals surface area contributed by atoms with Crippen molar-refractivity contribution in [3.05, 3.63) is 59.7 Å². The molecule has 1 aliphatic rings. The lowest BCUT2D eigenvalue weighted by Crippen LogP contribution is -2.37. The van der Waals surface area contributed by atoms with Crippen LogP contribution in [0, 0.1) is 5.92 Å². The molecule has 0 radical (unpaired) electrons. The summed E-state index contributed by atoms with van der Waals surface area (Å²) in [6, 6.07) is 16.1. The summed E-state index contributed by atoms with van der Waals surface area (Å²) in [5.74, 6) is 1.53. The largest absolute Gasteiger partial charge is 0.454 e. The monoisotopic (exact) mass is 354 g/mol. The van der Waals surface area contributed by atoms with Crippen molar-refractivity contribution >= 4 is 5.91 Å². The van der Waals surface area contributed by atoms with Crippen LogP contribution in [0.3, 0.4) is 0 Å². The Kier molecular flexibility index (Phi) is 5.78. The molecule has 2 atom stereocenters. The number of benzene rings is 2. The summed E-state index contributed by atoms with van der Waals surface area (Å²) < 4.78 is 10.8. The summed E-state index contributed by atoms with van der Waals surface area (Å²) in [5, 5.41) is 3.10. The minimum Gasteiger partial charge on any atom is -0.454 e. The van der Waals surface area contributed by atoms with Crippen LogP contribution in [0.15, 0.2) is 48.5 Å². The molecule has 0 aliphatic carbocycles. The van der Waals surface area contributed by atoms with Crippen molar-refractivity contribution in [2.45, 2.75) is 19.4 Å². The Balaban J connectivity index is 1.61. The molecule has 2 aromatic carbocycles. The number of carbonyl (C=O) groups is 1. The van der Waals surface area contributed by atoms with Crippen LogP contribution in [0.5, 0.6) is 11.5 Å². The van der Waals surface area contributed by atoms with E-state index in [-0.39, 0.29) is 24.7 Å². The quantitative estimate of drug-likeness (QED) is 0.830. The topological polar surface area (TPSA) is 50.8 Å². The van der Waals surface area contributed by atoms with Gasteiger partial charge in [0.15, 0.2) is 11.5 Å². The van der Waals surface area contributed by atoms with Crippen LogP contribution >= 0.6 is 0 Å². The lowest BCUT2D eigenvalue weighted by Gasteiger charge is -2.26. The van der Waals surface area contributed by atoms with Crippen molar-refractivity contribution in [2.75, 3.05) is 27.4 Å². The highest BCUT2D eigenvalue weighted by Crippen LogP contribution is 2.34. The number of likely N-dealkylation sites (N-methyl/N-ethyl adjacent to an activating group) is 1. The van der Waals surface area contributed by atoms with Gasteiger partial charge in [-0.2, -0.15) is 0 Å². The number of amides is 1. The molecule has 5 nitrogen and oxygen atoms in total. The Morgan fingerprint density at radius 3 is 2.58 bits per heavy atom. The van der Waals surface area contributed by atoms with Crippen molar-refractivity contribution in [3.63, 3.8) is 0 Å². The van der Waals surface area contributed by atoms with Crippen molar-refractivity contribution in [2.24, 2.45) is 5.92 Å². The molecule has 2 aromatic rings. The molecule has 1 N–H and O–H groups in total. The average Bonchev–Trinajstić information content (AvgIpc) is 3.10. The first kappa shape index (κ1) is 18.3. The highest BCUT2D eigenvalue weighted by molar-refractivity contribution is 5.78. The highest BCUT2D eigenvalue weighted by Gasteiger charge is 2.21. The molecule has 2 unspecified atom stereocenters. The minimum absolute atomic E-state index is 0.0670. The summed E-state index contributed by atoms with van der Waals surface area (Å²) in [6.07, 6.45) is 0.739. The van der Waals surface area contributed by atoms with Crippen LogP contribution in [0.25, 0.3) is 0 Å². The van der Waals surface area contributed by atoms with Gasteiger partial charge in [0.2, 0.25) is 12.7 Å². The first-order valence-corrected chi connectivity index (χ1v) is 8.92. The van der Waals surface area contributed by atoms with Gasteiger partial charge >= 0.3 is 0 Å². The van der Waals surface area contributed by atoms with E-state index in [0.717, 1.165) is 23.5 Å². The summed E-state index contributed by atoms with van der Waals surface area (Å²) in [6.45, 7) is 2.78. The molecule has 1 heterocycles. The van der Waals surface area contributed by atoms with Gasteiger partial charge in [-0.15, -0.1) is 0 Å². The lowest BCUT2D eigenvalue weighted by molar-refractivity contribution is -0.124. The Morgan fingerprint density at radius 1 is 1.12 bits per heavy atom. The van der Waals surface area contributed by atoms with Crippen molar-refractivity contribution in [1.29, 1.82) is 0 Å². The van der Waals surface area contributed by atoms with Gasteiger partial charge in [0.05, 0.1) is 6.04 Å². The standard InChI is InChI=1S/C21H26N2O3/c1-15(11-16-7-5-4-6-8-16)21(24)22-13-18(23(2)3)17-9-10-19-20(12-17)26-14-25-19/h4-10,12,15,18H,11,13-14H2,1-3H3,(H,22,24). The van der Waals surface area contributed by atoms with Gasteiger partial charge in [0.25, 0.3) is 0 Å². The molecule has 0 spiro atoms. The van der Waals surface area contributed by atoms with Gasteiger partial charge in [-0.1, -0.05) is 43.3 Å². The van der Waals surface area contributed by atoms with E-state index in [2.05, 4.69) is 22.3 Å². The van der Waals surface area contributed by atoms with Crippen molar-refractivity contribution in [3.8, 4) is 11.5 Å². The third-order valence-corrected chi connectivity index (χ3v) is 4.71. The number of nitrogens with one attached hydrogen (secondary N) is 1. The van der Waals surface area contributed by atoms with Gasteiger partial charge in [0, 0.05) is 12.5 Å². The predicted molar refractivity (Wildman–Crippen MR) is 101 cm³/mol.